The van der Waals surface area contributed by atoms with Crippen molar-refractivity contribution in [1.29, 1.82) is 0 Å². The van der Waals surface area contributed by atoms with Crippen LogP contribution in [-0.2, 0) is 13.1 Å². The second-order valence-electron chi connectivity index (χ2n) is 3.02. The number of hydrogen-bond acceptors (Lipinski definition) is 2. The zero-order valence-corrected chi connectivity index (χ0v) is 8.29. The van der Waals surface area contributed by atoms with E-state index in [4.69, 9.17) is 0 Å². The lowest BCUT2D eigenvalue weighted by Crippen LogP contribution is -2.24. The van der Waals surface area contributed by atoms with Gasteiger partial charge in [0, 0.05) is 25.5 Å². The molecule has 1 aromatic heterocycles. The third-order valence-corrected chi connectivity index (χ3v) is 2.08. The number of nitrogens with one attached hydrogen (secondary N) is 1. The van der Waals surface area contributed by atoms with Crippen molar-refractivity contribution < 1.29 is 0 Å². The van der Waals surface area contributed by atoms with E-state index < -0.39 is 0 Å². The summed E-state index contributed by atoms with van der Waals surface area (Å²) in [6, 6.07) is 0. The average Bonchev–Trinajstić information content (AvgIpc) is 2.48. The summed E-state index contributed by atoms with van der Waals surface area (Å²) in [6.45, 7) is 4.47. The van der Waals surface area contributed by atoms with Crippen molar-refractivity contribution >= 4 is 0 Å². The van der Waals surface area contributed by atoms with Crippen LogP contribution in [0.4, 0.5) is 0 Å². The molecule has 0 saturated carbocycles. The first-order valence-corrected chi connectivity index (χ1v) is 4.69. The molecule has 0 bridgehead atoms. The summed E-state index contributed by atoms with van der Waals surface area (Å²) < 4.78 is 3.46. The van der Waals surface area contributed by atoms with E-state index in [1.54, 1.807) is 9.13 Å². The maximum absolute atomic E-state index is 11.5. The Kier molecular flexibility index (Phi) is 3.76. The van der Waals surface area contributed by atoms with Gasteiger partial charge in [0.25, 0.3) is 0 Å². The van der Waals surface area contributed by atoms with Crippen LogP contribution in [0.25, 0.3) is 0 Å². The number of hydrogen-bond donors (Lipinski definition) is 1. The van der Waals surface area contributed by atoms with E-state index in [1.807, 2.05) is 26.4 Å². The summed E-state index contributed by atoms with van der Waals surface area (Å²) in [5.41, 5.74) is 0.0959. The van der Waals surface area contributed by atoms with Gasteiger partial charge in [-0.05, 0) is 26.9 Å². The zero-order valence-electron chi connectivity index (χ0n) is 8.29. The van der Waals surface area contributed by atoms with Gasteiger partial charge in [-0.25, -0.2) is 4.79 Å². The van der Waals surface area contributed by atoms with Crippen molar-refractivity contribution in [2.45, 2.75) is 26.4 Å². The molecule has 4 nitrogen and oxygen atoms in total. The second-order valence-corrected chi connectivity index (χ2v) is 3.02. The van der Waals surface area contributed by atoms with Crippen molar-refractivity contribution in [1.82, 2.24) is 14.5 Å². The summed E-state index contributed by atoms with van der Waals surface area (Å²) in [7, 11) is 1.92. The van der Waals surface area contributed by atoms with E-state index in [-0.39, 0.29) is 5.69 Å². The van der Waals surface area contributed by atoms with E-state index in [1.165, 1.54) is 0 Å². The molecule has 0 unspecified atom stereocenters. The Morgan fingerprint density at radius 2 is 2.08 bits per heavy atom. The highest BCUT2D eigenvalue weighted by molar-refractivity contribution is 4.80. The van der Waals surface area contributed by atoms with Crippen molar-refractivity contribution in [2.24, 2.45) is 0 Å². The standard InChI is InChI=1S/C9H17N3O/c1-3-11-7-8-12(9(11)13)6-4-5-10-2/h7-8,10H,3-6H2,1-2H3. The van der Waals surface area contributed by atoms with Crippen LogP contribution < -0.4 is 11.0 Å². The summed E-state index contributed by atoms with van der Waals surface area (Å²) >= 11 is 0. The van der Waals surface area contributed by atoms with E-state index in [2.05, 4.69) is 5.32 Å². The van der Waals surface area contributed by atoms with Gasteiger partial charge < -0.3 is 5.32 Å². The van der Waals surface area contributed by atoms with Gasteiger partial charge in [-0.1, -0.05) is 0 Å². The van der Waals surface area contributed by atoms with Gasteiger partial charge in [-0.3, -0.25) is 9.13 Å². The van der Waals surface area contributed by atoms with Gasteiger partial charge in [0.15, 0.2) is 0 Å². The summed E-state index contributed by atoms with van der Waals surface area (Å²) in [6.07, 6.45) is 4.67. The van der Waals surface area contributed by atoms with E-state index in [9.17, 15) is 4.79 Å². The van der Waals surface area contributed by atoms with Gasteiger partial charge in [0.1, 0.15) is 0 Å². The SMILES string of the molecule is CCn1ccn(CCCNC)c1=O. The molecule has 0 amide bonds. The van der Waals surface area contributed by atoms with Crippen LogP contribution in [0.5, 0.6) is 0 Å². The number of aryl methyl sites for hydroxylation is 2. The van der Waals surface area contributed by atoms with Gasteiger partial charge in [0.2, 0.25) is 0 Å². The molecular weight excluding hydrogens is 166 g/mol. The molecule has 1 rings (SSSR count). The smallest absolute Gasteiger partial charge is 0.320 e. The molecule has 0 atom stereocenters. The Labute approximate surface area is 78.2 Å². The molecule has 1 aromatic rings. The Bertz CT molecular complexity index is 300. The first kappa shape index (κ1) is 10.1. The number of imidazole rings is 1. The van der Waals surface area contributed by atoms with E-state index in [0.29, 0.717) is 0 Å². The number of nitrogens with zero attached hydrogens (tertiary/aromatic N) is 2. The topological polar surface area (TPSA) is 39.0 Å². The molecule has 0 radical (unpaired) electrons. The van der Waals surface area contributed by atoms with Gasteiger partial charge in [0.05, 0.1) is 0 Å². The van der Waals surface area contributed by atoms with E-state index >= 15 is 0 Å². The fraction of sp³-hybridized carbons (Fsp3) is 0.667. The minimum atomic E-state index is 0.0959. The maximum atomic E-state index is 11.5. The Balaban J connectivity index is 2.57. The molecule has 0 saturated heterocycles. The molecule has 0 aliphatic heterocycles. The normalized spacial score (nSPS) is 10.6. The molecular formula is C9H17N3O. The predicted octanol–water partition coefficient (Wildman–Crippen LogP) is 0.279. The maximum Gasteiger partial charge on any atom is 0.328 e. The van der Waals surface area contributed by atoms with Crippen LogP contribution >= 0.6 is 0 Å². The van der Waals surface area contributed by atoms with Crippen LogP contribution in [0.15, 0.2) is 17.2 Å². The quantitative estimate of drug-likeness (QED) is 0.666. The number of aromatic nitrogens is 2. The summed E-state index contributed by atoms with van der Waals surface area (Å²) in [5, 5.41) is 3.06. The highest BCUT2D eigenvalue weighted by Crippen LogP contribution is 1.87. The summed E-state index contributed by atoms with van der Waals surface area (Å²) in [4.78, 5) is 11.5. The third-order valence-electron chi connectivity index (χ3n) is 2.08. The molecule has 1 N–H and O–H groups in total. The predicted molar refractivity (Wildman–Crippen MR) is 52.9 cm³/mol. The van der Waals surface area contributed by atoms with Crippen molar-refractivity contribution in [3.8, 4) is 0 Å². The molecule has 0 spiro atoms. The first-order valence-electron chi connectivity index (χ1n) is 4.69. The lowest BCUT2D eigenvalue weighted by atomic mass is 10.4. The summed E-state index contributed by atoms with van der Waals surface area (Å²) in [5.74, 6) is 0. The van der Waals surface area contributed by atoms with Gasteiger partial charge in [-0.2, -0.15) is 0 Å². The van der Waals surface area contributed by atoms with Gasteiger partial charge >= 0.3 is 5.69 Å². The first-order chi connectivity index (χ1) is 6.29. The fourth-order valence-corrected chi connectivity index (χ4v) is 1.29. The highest BCUT2D eigenvalue weighted by atomic mass is 16.1. The molecule has 0 fully saturated rings. The minimum Gasteiger partial charge on any atom is -0.320 e. The molecule has 0 aliphatic carbocycles. The Morgan fingerprint density at radius 3 is 2.62 bits per heavy atom. The van der Waals surface area contributed by atoms with Crippen LogP contribution in [0, 0.1) is 0 Å². The second kappa shape index (κ2) is 4.87. The third kappa shape index (κ3) is 2.45. The molecule has 13 heavy (non-hydrogen) atoms. The molecule has 0 aromatic carbocycles. The number of rotatable bonds is 5. The lowest BCUT2D eigenvalue weighted by Gasteiger charge is -2.00. The zero-order chi connectivity index (χ0) is 9.68. The van der Waals surface area contributed by atoms with Crippen LogP contribution in [0.2, 0.25) is 0 Å². The Morgan fingerprint density at radius 1 is 1.38 bits per heavy atom. The minimum absolute atomic E-state index is 0.0959. The lowest BCUT2D eigenvalue weighted by molar-refractivity contribution is 0.579. The van der Waals surface area contributed by atoms with Crippen molar-refractivity contribution in [3.05, 3.63) is 22.9 Å². The van der Waals surface area contributed by atoms with Crippen LogP contribution in [-0.4, -0.2) is 22.7 Å². The van der Waals surface area contributed by atoms with Crippen LogP contribution in [0.3, 0.4) is 0 Å². The largest absolute Gasteiger partial charge is 0.328 e. The monoisotopic (exact) mass is 183 g/mol. The fourth-order valence-electron chi connectivity index (χ4n) is 1.29. The Hall–Kier alpha value is -1.03. The molecule has 0 aliphatic rings. The molecule has 74 valence electrons. The molecule has 4 heteroatoms. The van der Waals surface area contributed by atoms with Crippen molar-refractivity contribution in [3.63, 3.8) is 0 Å². The highest BCUT2D eigenvalue weighted by Gasteiger charge is 1.99. The molecule has 1 heterocycles. The van der Waals surface area contributed by atoms with E-state index in [0.717, 1.165) is 26.1 Å². The van der Waals surface area contributed by atoms with Gasteiger partial charge in [-0.15, -0.1) is 0 Å². The van der Waals surface area contributed by atoms with Crippen LogP contribution in [0.1, 0.15) is 13.3 Å². The van der Waals surface area contributed by atoms with Crippen molar-refractivity contribution in [2.75, 3.05) is 13.6 Å². The average molecular weight is 183 g/mol.